The van der Waals surface area contributed by atoms with E-state index in [1.54, 1.807) is 23.8 Å². The molecule has 3 aromatic heterocycles. The molecule has 210 valence electrons. The van der Waals surface area contributed by atoms with Gasteiger partial charge in [0.05, 0.1) is 7.11 Å². The fourth-order valence-electron chi connectivity index (χ4n) is 4.33. The van der Waals surface area contributed by atoms with Crippen LogP contribution in [-0.2, 0) is 4.79 Å². The second-order valence-electron chi connectivity index (χ2n) is 9.09. The Morgan fingerprint density at radius 2 is 1.85 bits per heavy atom. The summed E-state index contributed by atoms with van der Waals surface area (Å²) >= 11 is 0. The molecule has 1 saturated heterocycles. The van der Waals surface area contributed by atoms with Gasteiger partial charge in [-0.05, 0) is 62.2 Å². The second-order valence-corrected chi connectivity index (χ2v) is 9.09. The van der Waals surface area contributed by atoms with Crippen molar-refractivity contribution < 1.29 is 37.0 Å². The van der Waals surface area contributed by atoms with Crippen molar-refractivity contribution in [2.75, 3.05) is 20.2 Å². The lowest BCUT2D eigenvalue weighted by Crippen LogP contribution is -2.39. The highest BCUT2D eigenvalue weighted by Crippen LogP contribution is 2.31. The molecule has 4 heterocycles. The number of fused-ring (bicyclic) bond motifs is 1. The number of likely N-dealkylation sites (tertiary alicyclic amines) is 1. The summed E-state index contributed by atoms with van der Waals surface area (Å²) in [4.78, 5) is 32.8. The maximum atomic E-state index is 13.8. The highest BCUT2D eigenvalue weighted by Gasteiger charge is 2.38. The van der Waals surface area contributed by atoms with Crippen LogP contribution in [0.3, 0.4) is 0 Å². The molecule has 4 aromatic rings. The molecule has 1 aliphatic heterocycles. The zero-order valence-corrected chi connectivity index (χ0v) is 21.5. The molecule has 1 unspecified atom stereocenters. The number of aromatic nitrogens is 4. The number of piperidine rings is 1. The molecule has 1 atom stereocenters. The van der Waals surface area contributed by atoms with Gasteiger partial charge < -0.3 is 14.7 Å². The van der Waals surface area contributed by atoms with E-state index in [0.29, 0.717) is 41.6 Å². The average Bonchev–Trinajstić information content (AvgIpc) is 3.36. The van der Waals surface area contributed by atoms with Gasteiger partial charge in [-0.1, -0.05) is 6.07 Å². The number of carbonyl (C=O) groups is 2. The number of halogens is 4. The van der Waals surface area contributed by atoms with Crippen molar-refractivity contribution in [3.8, 4) is 16.9 Å². The predicted octanol–water partition coefficient (Wildman–Crippen LogP) is 4.90. The lowest BCUT2D eigenvalue weighted by Gasteiger charge is -2.31. The summed E-state index contributed by atoms with van der Waals surface area (Å²) in [5.74, 6) is -1.82. The van der Waals surface area contributed by atoms with Gasteiger partial charge in [0.2, 0.25) is 0 Å². The minimum absolute atomic E-state index is 0.0413. The van der Waals surface area contributed by atoms with Crippen LogP contribution < -0.4 is 4.74 Å². The van der Waals surface area contributed by atoms with E-state index < -0.39 is 12.1 Å². The van der Waals surface area contributed by atoms with Gasteiger partial charge >= 0.3 is 12.1 Å². The minimum Gasteiger partial charge on any atom is -0.496 e. The predicted molar refractivity (Wildman–Crippen MR) is 135 cm³/mol. The van der Waals surface area contributed by atoms with E-state index in [9.17, 15) is 22.4 Å². The third kappa shape index (κ3) is 6.53. The number of carbonyl (C=O) groups excluding carboxylic acids is 1. The maximum Gasteiger partial charge on any atom is 0.490 e. The van der Waals surface area contributed by atoms with Crippen molar-refractivity contribution in [3.05, 3.63) is 77.8 Å². The van der Waals surface area contributed by atoms with Crippen LogP contribution in [0.25, 0.3) is 16.8 Å². The number of carboxylic acids is 1. The number of methoxy groups -OCH3 is 1. The Morgan fingerprint density at radius 3 is 2.52 bits per heavy atom. The van der Waals surface area contributed by atoms with Crippen LogP contribution in [0.4, 0.5) is 17.6 Å². The molecule has 0 radical (unpaired) electrons. The summed E-state index contributed by atoms with van der Waals surface area (Å²) in [6.45, 7) is 3.13. The minimum atomic E-state index is -5.08. The van der Waals surface area contributed by atoms with Gasteiger partial charge in [-0.3, -0.25) is 4.79 Å². The van der Waals surface area contributed by atoms with Crippen LogP contribution in [0.2, 0.25) is 0 Å². The van der Waals surface area contributed by atoms with Crippen LogP contribution >= 0.6 is 0 Å². The third-order valence-corrected chi connectivity index (χ3v) is 6.24. The summed E-state index contributed by atoms with van der Waals surface area (Å²) in [5.41, 5.74) is 3.42. The smallest absolute Gasteiger partial charge is 0.490 e. The monoisotopic (exact) mass is 559 g/mol. The molecule has 1 amide bonds. The van der Waals surface area contributed by atoms with E-state index in [4.69, 9.17) is 24.7 Å². The van der Waals surface area contributed by atoms with Crippen molar-refractivity contribution in [1.29, 1.82) is 0 Å². The number of aryl methyl sites for hydroxylation is 1. The van der Waals surface area contributed by atoms with Gasteiger partial charge in [0.15, 0.2) is 11.5 Å². The number of carboxylic acid groups (broad SMARTS) is 1. The molecule has 9 nitrogen and oxygen atoms in total. The molecule has 5 rings (SSSR count). The Morgan fingerprint density at radius 1 is 1.10 bits per heavy atom. The van der Waals surface area contributed by atoms with Crippen molar-refractivity contribution in [3.63, 3.8) is 0 Å². The number of alkyl halides is 3. The molecule has 1 N–H and O–H groups in total. The first-order chi connectivity index (χ1) is 19.0. The molecule has 1 aliphatic rings. The fraction of sp³-hybridized carbons (Fsp3) is 0.296. The Balaban J connectivity index is 0.000000470. The van der Waals surface area contributed by atoms with Crippen molar-refractivity contribution in [2.45, 2.75) is 31.9 Å². The quantitative estimate of drug-likeness (QED) is 0.354. The lowest BCUT2D eigenvalue weighted by molar-refractivity contribution is -0.192. The van der Waals surface area contributed by atoms with E-state index >= 15 is 0 Å². The highest BCUT2D eigenvalue weighted by atomic mass is 19.4. The van der Waals surface area contributed by atoms with Crippen LogP contribution in [0, 0.1) is 12.7 Å². The standard InChI is InChI=1S/C25H24FN5O2.C2HF3O2/c1-16-5-3-7-21(27-16)25(32)30-12-4-6-18(14-30)24-28-23-11-8-17(15-31(23)29-24)20-13-19(26)9-10-22(20)33-2;3-2(4,5)1(6)7/h3,5,7-11,13,15,18H,4,6,12,14H2,1-2H3;(H,6,7). The van der Waals surface area contributed by atoms with Crippen molar-refractivity contribution in [2.24, 2.45) is 0 Å². The maximum absolute atomic E-state index is 13.8. The van der Waals surface area contributed by atoms with Crippen LogP contribution in [0.5, 0.6) is 5.75 Å². The van der Waals surface area contributed by atoms with Crippen molar-refractivity contribution in [1.82, 2.24) is 24.5 Å². The van der Waals surface area contributed by atoms with E-state index in [0.717, 1.165) is 24.1 Å². The first-order valence-corrected chi connectivity index (χ1v) is 12.2. The van der Waals surface area contributed by atoms with Gasteiger partial charge in [-0.15, -0.1) is 0 Å². The Hall–Kier alpha value is -4.55. The molecule has 13 heteroatoms. The number of hydrogen-bond donors (Lipinski definition) is 1. The summed E-state index contributed by atoms with van der Waals surface area (Å²) in [5, 5.41) is 11.8. The third-order valence-electron chi connectivity index (χ3n) is 6.24. The first-order valence-electron chi connectivity index (χ1n) is 12.2. The molecular formula is C27H25F4N5O4. The number of ether oxygens (including phenoxy) is 1. The number of amides is 1. The number of pyridine rings is 2. The Kier molecular flexibility index (Phi) is 8.31. The zero-order chi connectivity index (χ0) is 29.0. The van der Waals surface area contributed by atoms with Gasteiger partial charge in [0.25, 0.3) is 5.91 Å². The first kappa shape index (κ1) is 28.5. The molecular weight excluding hydrogens is 534 g/mol. The second kappa shape index (κ2) is 11.7. The molecule has 1 fully saturated rings. The Labute approximate surface area is 226 Å². The number of nitrogens with zero attached hydrogens (tertiary/aromatic N) is 5. The average molecular weight is 560 g/mol. The van der Waals surface area contributed by atoms with Crippen LogP contribution in [-0.4, -0.2) is 67.8 Å². The van der Waals surface area contributed by atoms with Gasteiger partial charge in [0, 0.05) is 42.0 Å². The SMILES string of the molecule is COc1ccc(F)cc1-c1ccc2nc(C3CCCN(C(=O)c4cccc(C)n4)C3)nn2c1.O=C(O)C(F)(F)F. The number of rotatable bonds is 4. The van der Waals surface area contributed by atoms with Gasteiger partial charge in [-0.2, -0.15) is 18.3 Å². The normalized spacial score (nSPS) is 15.3. The number of hydrogen-bond acceptors (Lipinski definition) is 6. The van der Waals surface area contributed by atoms with E-state index in [1.807, 2.05) is 42.3 Å². The summed E-state index contributed by atoms with van der Waals surface area (Å²) < 4.78 is 52.7. The van der Waals surface area contributed by atoms with Crippen molar-refractivity contribution >= 4 is 17.5 Å². The highest BCUT2D eigenvalue weighted by molar-refractivity contribution is 5.92. The van der Waals surface area contributed by atoms with E-state index in [2.05, 4.69) is 4.98 Å². The number of aliphatic carboxylic acids is 1. The lowest BCUT2D eigenvalue weighted by atomic mass is 9.97. The fourth-order valence-corrected chi connectivity index (χ4v) is 4.33. The summed E-state index contributed by atoms with van der Waals surface area (Å²) in [7, 11) is 1.56. The molecule has 0 bridgehead atoms. The zero-order valence-electron chi connectivity index (χ0n) is 21.5. The molecule has 0 aliphatic carbocycles. The molecule has 1 aromatic carbocycles. The topological polar surface area (TPSA) is 110 Å². The van der Waals surface area contributed by atoms with Crippen LogP contribution in [0.15, 0.2) is 54.7 Å². The molecule has 0 saturated carbocycles. The largest absolute Gasteiger partial charge is 0.496 e. The summed E-state index contributed by atoms with van der Waals surface area (Å²) in [6.07, 6.45) is -1.47. The van der Waals surface area contributed by atoms with Crippen LogP contribution in [0.1, 0.15) is 40.8 Å². The Bertz CT molecular complexity index is 1540. The molecule has 0 spiro atoms. The van der Waals surface area contributed by atoms with E-state index in [-0.39, 0.29) is 17.6 Å². The van der Waals surface area contributed by atoms with Gasteiger partial charge in [0.1, 0.15) is 17.3 Å². The number of benzene rings is 1. The molecule has 40 heavy (non-hydrogen) atoms. The van der Waals surface area contributed by atoms with E-state index in [1.165, 1.54) is 12.1 Å². The van der Waals surface area contributed by atoms with Gasteiger partial charge in [-0.25, -0.2) is 23.7 Å². The summed E-state index contributed by atoms with van der Waals surface area (Å²) in [6, 6.07) is 13.7.